The smallest absolute Gasteiger partial charge is 0.0722 e. The van der Waals surface area contributed by atoms with Crippen molar-refractivity contribution in [3.63, 3.8) is 0 Å². The molecule has 0 aromatic rings. The second kappa shape index (κ2) is 3.87. The molecule has 0 spiro atoms. The lowest BCUT2D eigenvalue weighted by Gasteiger charge is -2.01. The summed E-state index contributed by atoms with van der Waals surface area (Å²) in [7, 11) is 0. The summed E-state index contributed by atoms with van der Waals surface area (Å²) in [4.78, 5) is 0. The molecule has 1 N–H and O–H groups in total. The molecule has 0 aromatic carbocycles. The molecule has 0 aliphatic carbocycles. The van der Waals surface area contributed by atoms with Crippen molar-refractivity contribution in [1.82, 2.24) is 0 Å². The fraction of sp³-hybridized carbons (Fsp3) is 1.00. The van der Waals surface area contributed by atoms with E-state index in [4.69, 9.17) is 5.11 Å². The fourth-order valence-corrected chi connectivity index (χ4v) is 1.34. The van der Waals surface area contributed by atoms with Crippen LogP contribution in [0.4, 0.5) is 0 Å². The van der Waals surface area contributed by atoms with Crippen LogP contribution in [-0.2, 0) is 0 Å². The van der Waals surface area contributed by atoms with Crippen LogP contribution in [0, 0.1) is 0 Å². The van der Waals surface area contributed by atoms with Crippen molar-refractivity contribution in [3.8, 4) is 0 Å². The molecule has 0 saturated heterocycles. The third kappa shape index (κ3) is 6.92. The van der Waals surface area contributed by atoms with Gasteiger partial charge in [0, 0.05) is 0 Å². The average molecular weight is 232 g/mol. The highest BCUT2D eigenvalue weighted by molar-refractivity contribution is 9.24. The molecule has 0 bridgehead atoms. The molecule has 0 amide bonds. The van der Waals surface area contributed by atoms with Crippen molar-refractivity contribution in [3.05, 3.63) is 0 Å². The Kier molecular flexibility index (Phi) is 4.37. The van der Waals surface area contributed by atoms with Crippen LogP contribution in [0.25, 0.3) is 0 Å². The zero-order valence-corrected chi connectivity index (χ0v) is 7.24. The van der Waals surface area contributed by atoms with E-state index in [-0.39, 0.29) is 9.84 Å². The van der Waals surface area contributed by atoms with Gasteiger partial charge in [0.05, 0.1) is 9.84 Å². The van der Waals surface area contributed by atoms with E-state index in [0.717, 1.165) is 6.42 Å². The predicted molar refractivity (Wildman–Crippen MR) is 37.9 cm³/mol. The molecule has 0 heterocycles. The standard InChI is InChI=1S/C4H8Br2O/c1-3(7)2-4(5)6/h3-4,7H,2H2,1H3. The number of aliphatic hydroxyl groups is 1. The number of rotatable bonds is 2. The minimum absolute atomic E-state index is 0.219. The molecule has 1 atom stereocenters. The molecule has 0 saturated carbocycles. The summed E-state index contributed by atoms with van der Waals surface area (Å²) < 4.78 is 0.250. The van der Waals surface area contributed by atoms with Crippen molar-refractivity contribution in [1.29, 1.82) is 0 Å². The van der Waals surface area contributed by atoms with E-state index in [0.29, 0.717) is 0 Å². The maximum absolute atomic E-state index is 8.66. The number of hydrogen-bond donors (Lipinski definition) is 1. The van der Waals surface area contributed by atoms with Crippen LogP contribution >= 0.6 is 31.9 Å². The van der Waals surface area contributed by atoms with Gasteiger partial charge in [-0.25, -0.2) is 0 Å². The summed E-state index contributed by atoms with van der Waals surface area (Å²) in [5.74, 6) is 0. The first kappa shape index (κ1) is 7.92. The Labute approximate surface area is 60.4 Å². The van der Waals surface area contributed by atoms with Gasteiger partial charge in [0.25, 0.3) is 0 Å². The van der Waals surface area contributed by atoms with Crippen LogP contribution in [0.5, 0.6) is 0 Å². The summed E-state index contributed by atoms with van der Waals surface area (Å²) >= 11 is 6.46. The van der Waals surface area contributed by atoms with Gasteiger partial charge in [0.2, 0.25) is 0 Å². The first-order chi connectivity index (χ1) is 3.13. The van der Waals surface area contributed by atoms with Gasteiger partial charge in [-0.1, -0.05) is 31.9 Å². The lowest BCUT2D eigenvalue weighted by Crippen LogP contribution is -2.02. The molecular weight excluding hydrogens is 224 g/mol. The zero-order valence-electron chi connectivity index (χ0n) is 4.06. The number of halogens is 2. The van der Waals surface area contributed by atoms with Crippen LogP contribution in [0.15, 0.2) is 0 Å². The van der Waals surface area contributed by atoms with E-state index in [1.165, 1.54) is 0 Å². The molecule has 0 aliphatic heterocycles. The van der Waals surface area contributed by atoms with Gasteiger partial charge < -0.3 is 5.11 Å². The normalized spacial score (nSPS) is 15.0. The minimum atomic E-state index is -0.219. The molecule has 0 aromatic heterocycles. The summed E-state index contributed by atoms with van der Waals surface area (Å²) in [6, 6.07) is 0. The highest BCUT2D eigenvalue weighted by Gasteiger charge is 2.00. The first-order valence-corrected chi connectivity index (χ1v) is 3.92. The summed E-state index contributed by atoms with van der Waals surface area (Å²) in [6.07, 6.45) is 0.531. The second-order valence-electron chi connectivity index (χ2n) is 1.48. The van der Waals surface area contributed by atoms with Crippen LogP contribution in [0.3, 0.4) is 0 Å². The van der Waals surface area contributed by atoms with E-state index in [1.807, 2.05) is 0 Å². The second-order valence-corrected chi connectivity index (χ2v) is 4.92. The molecule has 0 radical (unpaired) electrons. The third-order valence-electron chi connectivity index (χ3n) is 0.519. The minimum Gasteiger partial charge on any atom is -0.393 e. The van der Waals surface area contributed by atoms with Crippen molar-refractivity contribution < 1.29 is 5.11 Å². The van der Waals surface area contributed by atoms with Gasteiger partial charge in [0.15, 0.2) is 0 Å². The van der Waals surface area contributed by atoms with Crippen LogP contribution in [0.1, 0.15) is 13.3 Å². The molecule has 0 fully saturated rings. The Morgan fingerprint density at radius 2 is 2.00 bits per heavy atom. The van der Waals surface area contributed by atoms with Gasteiger partial charge >= 0.3 is 0 Å². The molecule has 1 unspecified atom stereocenters. The lowest BCUT2D eigenvalue weighted by molar-refractivity contribution is 0.191. The largest absolute Gasteiger partial charge is 0.393 e. The van der Waals surface area contributed by atoms with E-state index in [1.54, 1.807) is 6.92 Å². The van der Waals surface area contributed by atoms with Gasteiger partial charge in [0.1, 0.15) is 0 Å². The molecule has 1 nitrogen and oxygen atoms in total. The highest BCUT2D eigenvalue weighted by Crippen LogP contribution is 2.13. The van der Waals surface area contributed by atoms with Crippen molar-refractivity contribution >= 4 is 31.9 Å². The monoisotopic (exact) mass is 230 g/mol. The quantitative estimate of drug-likeness (QED) is 0.720. The maximum atomic E-state index is 8.66. The molecular formula is C4H8Br2O. The molecule has 0 rings (SSSR count). The number of aliphatic hydroxyl groups excluding tert-OH is 1. The topological polar surface area (TPSA) is 20.2 Å². The molecule has 0 aliphatic rings. The molecule has 7 heavy (non-hydrogen) atoms. The van der Waals surface area contributed by atoms with Gasteiger partial charge in [-0.15, -0.1) is 0 Å². The Morgan fingerprint density at radius 3 is 2.00 bits per heavy atom. The summed E-state index contributed by atoms with van der Waals surface area (Å²) in [5.41, 5.74) is 0. The third-order valence-corrected chi connectivity index (χ3v) is 1.27. The predicted octanol–water partition coefficient (Wildman–Crippen LogP) is 1.87. The first-order valence-electron chi connectivity index (χ1n) is 2.09. The Bertz CT molecular complexity index is 39.0. The van der Waals surface area contributed by atoms with Gasteiger partial charge in [-0.3, -0.25) is 0 Å². The summed E-state index contributed by atoms with van der Waals surface area (Å²) in [5, 5.41) is 8.66. The fourth-order valence-electron chi connectivity index (χ4n) is 0.258. The van der Waals surface area contributed by atoms with Crippen LogP contribution in [-0.4, -0.2) is 14.9 Å². The van der Waals surface area contributed by atoms with Crippen molar-refractivity contribution in [2.45, 2.75) is 23.2 Å². The Hall–Kier alpha value is 0.920. The van der Waals surface area contributed by atoms with Crippen LogP contribution < -0.4 is 0 Å². The zero-order chi connectivity index (χ0) is 5.86. The highest BCUT2D eigenvalue weighted by atomic mass is 79.9. The number of hydrogen-bond acceptors (Lipinski definition) is 1. The SMILES string of the molecule is CC(O)CC(Br)Br. The Balaban J connectivity index is 2.95. The average Bonchev–Trinajstić information content (AvgIpc) is 1.27. The lowest BCUT2D eigenvalue weighted by atomic mass is 10.3. The molecule has 3 heteroatoms. The maximum Gasteiger partial charge on any atom is 0.0722 e. The van der Waals surface area contributed by atoms with E-state index in [2.05, 4.69) is 31.9 Å². The van der Waals surface area contributed by atoms with E-state index >= 15 is 0 Å². The summed E-state index contributed by atoms with van der Waals surface area (Å²) in [6.45, 7) is 1.76. The van der Waals surface area contributed by atoms with Crippen LogP contribution in [0.2, 0.25) is 0 Å². The van der Waals surface area contributed by atoms with E-state index < -0.39 is 0 Å². The van der Waals surface area contributed by atoms with Crippen molar-refractivity contribution in [2.24, 2.45) is 0 Å². The van der Waals surface area contributed by atoms with Crippen molar-refractivity contribution in [2.75, 3.05) is 0 Å². The number of alkyl halides is 2. The molecule has 44 valence electrons. The van der Waals surface area contributed by atoms with Gasteiger partial charge in [-0.05, 0) is 13.3 Å². The van der Waals surface area contributed by atoms with E-state index in [9.17, 15) is 0 Å². The Morgan fingerprint density at radius 1 is 1.57 bits per heavy atom. The van der Waals surface area contributed by atoms with Gasteiger partial charge in [-0.2, -0.15) is 0 Å².